The zero-order valence-corrected chi connectivity index (χ0v) is 9.62. The zero-order valence-electron chi connectivity index (χ0n) is 8.87. The largest absolute Gasteiger partial charge is 0.495 e. The van der Waals surface area contributed by atoms with E-state index in [0.29, 0.717) is 17.3 Å². The molecule has 0 aliphatic carbocycles. The maximum atomic E-state index is 5.96. The highest BCUT2D eigenvalue weighted by Crippen LogP contribution is 2.32. The van der Waals surface area contributed by atoms with Crippen molar-refractivity contribution in [2.24, 2.45) is 5.73 Å². The number of halogens is 1. The molecule has 1 heterocycles. The molecule has 0 bridgehead atoms. The molecule has 2 aromatic rings. The van der Waals surface area contributed by atoms with Gasteiger partial charge in [0.1, 0.15) is 11.5 Å². The normalized spacial score (nSPS) is 10.4. The summed E-state index contributed by atoms with van der Waals surface area (Å²) in [4.78, 5) is 0. The minimum atomic E-state index is 0.368. The highest BCUT2D eigenvalue weighted by atomic mass is 35.5. The first-order chi connectivity index (χ1) is 7.76. The Morgan fingerprint density at radius 3 is 2.88 bits per heavy atom. The minimum Gasteiger partial charge on any atom is -0.495 e. The highest BCUT2D eigenvalue weighted by molar-refractivity contribution is 6.32. The van der Waals surface area contributed by atoms with Gasteiger partial charge in [-0.3, -0.25) is 0 Å². The van der Waals surface area contributed by atoms with Crippen LogP contribution < -0.4 is 10.5 Å². The number of benzene rings is 1. The topological polar surface area (TPSA) is 48.4 Å². The summed E-state index contributed by atoms with van der Waals surface area (Å²) in [7, 11) is 1.59. The van der Waals surface area contributed by atoms with Gasteiger partial charge < -0.3 is 14.9 Å². The molecule has 0 aliphatic heterocycles. The third-order valence-electron chi connectivity index (χ3n) is 2.39. The fourth-order valence-electron chi connectivity index (χ4n) is 1.58. The van der Waals surface area contributed by atoms with E-state index in [1.807, 2.05) is 18.2 Å². The van der Waals surface area contributed by atoms with Crippen molar-refractivity contribution in [3.8, 4) is 16.9 Å². The molecular formula is C12H12ClNO2. The number of rotatable bonds is 3. The van der Waals surface area contributed by atoms with Crippen molar-refractivity contribution >= 4 is 11.6 Å². The Hall–Kier alpha value is -1.45. The summed E-state index contributed by atoms with van der Waals surface area (Å²) < 4.78 is 10.4. The number of methoxy groups -OCH3 is 1. The van der Waals surface area contributed by atoms with Crippen LogP contribution in [0.2, 0.25) is 5.02 Å². The van der Waals surface area contributed by atoms with Crippen LogP contribution in [0.15, 0.2) is 34.9 Å². The van der Waals surface area contributed by atoms with Gasteiger partial charge in [-0.15, -0.1) is 0 Å². The molecule has 0 saturated heterocycles. The van der Waals surface area contributed by atoms with E-state index in [-0.39, 0.29) is 0 Å². The summed E-state index contributed by atoms with van der Waals surface area (Å²) in [5.41, 5.74) is 7.53. The summed E-state index contributed by atoms with van der Waals surface area (Å²) in [5.74, 6) is 1.40. The molecule has 2 rings (SSSR count). The molecule has 4 heteroatoms. The first-order valence-corrected chi connectivity index (χ1v) is 5.24. The lowest BCUT2D eigenvalue weighted by Crippen LogP contribution is -1.96. The van der Waals surface area contributed by atoms with Crippen molar-refractivity contribution in [2.45, 2.75) is 6.54 Å². The fraction of sp³-hybridized carbons (Fsp3) is 0.167. The molecule has 0 atom stereocenters. The third kappa shape index (κ3) is 1.92. The van der Waals surface area contributed by atoms with Crippen LogP contribution in [0.5, 0.6) is 5.75 Å². The second kappa shape index (κ2) is 4.60. The molecular weight excluding hydrogens is 226 g/mol. The van der Waals surface area contributed by atoms with Crippen molar-refractivity contribution in [3.05, 3.63) is 41.3 Å². The monoisotopic (exact) mass is 237 g/mol. The first kappa shape index (κ1) is 11.0. The van der Waals surface area contributed by atoms with E-state index in [2.05, 4.69) is 0 Å². The Bertz CT molecular complexity index is 494. The predicted octanol–water partition coefficient (Wildman–Crippen LogP) is 3.07. The number of nitrogens with two attached hydrogens (primary N) is 1. The predicted molar refractivity (Wildman–Crippen MR) is 63.6 cm³/mol. The van der Waals surface area contributed by atoms with Gasteiger partial charge in [-0.1, -0.05) is 17.7 Å². The van der Waals surface area contributed by atoms with Gasteiger partial charge >= 0.3 is 0 Å². The molecule has 0 radical (unpaired) electrons. The van der Waals surface area contributed by atoms with Gasteiger partial charge in [-0.25, -0.2) is 0 Å². The molecule has 16 heavy (non-hydrogen) atoms. The van der Waals surface area contributed by atoms with Crippen molar-refractivity contribution < 1.29 is 9.15 Å². The Morgan fingerprint density at radius 2 is 2.19 bits per heavy atom. The summed E-state index contributed by atoms with van der Waals surface area (Å²) in [6.07, 6.45) is 1.62. The van der Waals surface area contributed by atoms with Gasteiger partial charge in [-0.05, 0) is 23.8 Å². The van der Waals surface area contributed by atoms with E-state index in [9.17, 15) is 0 Å². The highest BCUT2D eigenvalue weighted by Gasteiger charge is 2.09. The summed E-state index contributed by atoms with van der Waals surface area (Å²) >= 11 is 5.96. The SMILES string of the molecule is COc1cc(-c2ccoc2CN)ccc1Cl. The molecule has 0 saturated carbocycles. The van der Waals surface area contributed by atoms with E-state index in [4.69, 9.17) is 26.5 Å². The van der Waals surface area contributed by atoms with Crippen molar-refractivity contribution in [1.82, 2.24) is 0 Å². The van der Waals surface area contributed by atoms with Crippen LogP contribution in [0.1, 0.15) is 5.76 Å². The number of ether oxygens (including phenoxy) is 1. The van der Waals surface area contributed by atoms with E-state index in [0.717, 1.165) is 16.9 Å². The summed E-state index contributed by atoms with van der Waals surface area (Å²) in [6.45, 7) is 0.368. The molecule has 3 nitrogen and oxygen atoms in total. The van der Waals surface area contributed by atoms with Gasteiger partial charge in [0.15, 0.2) is 0 Å². The lowest BCUT2D eigenvalue weighted by Gasteiger charge is -2.06. The second-order valence-electron chi connectivity index (χ2n) is 3.31. The molecule has 2 N–H and O–H groups in total. The van der Waals surface area contributed by atoms with Gasteiger partial charge in [0.05, 0.1) is 24.9 Å². The van der Waals surface area contributed by atoms with Gasteiger partial charge in [-0.2, -0.15) is 0 Å². The first-order valence-electron chi connectivity index (χ1n) is 4.86. The minimum absolute atomic E-state index is 0.368. The third-order valence-corrected chi connectivity index (χ3v) is 2.71. The molecule has 0 amide bonds. The van der Waals surface area contributed by atoms with Crippen LogP contribution in [0, 0.1) is 0 Å². The Morgan fingerprint density at radius 1 is 1.38 bits per heavy atom. The molecule has 0 unspecified atom stereocenters. The van der Waals surface area contributed by atoms with E-state index in [1.54, 1.807) is 19.4 Å². The Labute approximate surface area is 98.8 Å². The second-order valence-corrected chi connectivity index (χ2v) is 3.72. The van der Waals surface area contributed by atoms with Crippen LogP contribution in [-0.2, 0) is 6.54 Å². The average Bonchev–Trinajstić information content (AvgIpc) is 2.78. The number of hydrogen-bond donors (Lipinski definition) is 1. The Kier molecular flexibility index (Phi) is 3.17. The van der Waals surface area contributed by atoms with E-state index in [1.165, 1.54) is 0 Å². The average molecular weight is 238 g/mol. The van der Waals surface area contributed by atoms with E-state index >= 15 is 0 Å². The Balaban J connectivity index is 2.48. The van der Waals surface area contributed by atoms with Gasteiger partial charge in [0.2, 0.25) is 0 Å². The standard InChI is InChI=1S/C12H12ClNO2/c1-15-11-6-8(2-3-10(11)13)9-4-5-16-12(9)7-14/h2-6H,7,14H2,1H3. The molecule has 84 valence electrons. The van der Waals surface area contributed by atoms with Crippen LogP contribution >= 0.6 is 11.6 Å². The van der Waals surface area contributed by atoms with Crippen LogP contribution in [0.3, 0.4) is 0 Å². The molecule has 1 aromatic heterocycles. The van der Waals surface area contributed by atoms with E-state index < -0.39 is 0 Å². The number of furan rings is 1. The quantitative estimate of drug-likeness (QED) is 0.893. The molecule has 0 spiro atoms. The lowest BCUT2D eigenvalue weighted by atomic mass is 10.1. The van der Waals surface area contributed by atoms with Crippen molar-refractivity contribution in [2.75, 3.05) is 7.11 Å². The van der Waals surface area contributed by atoms with Crippen LogP contribution in [0.25, 0.3) is 11.1 Å². The van der Waals surface area contributed by atoms with Crippen molar-refractivity contribution in [3.63, 3.8) is 0 Å². The van der Waals surface area contributed by atoms with Crippen LogP contribution in [-0.4, -0.2) is 7.11 Å². The fourth-order valence-corrected chi connectivity index (χ4v) is 1.78. The van der Waals surface area contributed by atoms with Crippen LogP contribution in [0.4, 0.5) is 0 Å². The molecule has 0 aliphatic rings. The lowest BCUT2D eigenvalue weighted by molar-refractivity contribution is 0.415. The zero-order chi connectivity index (χ0) is 11.5. The van der Waals surface area contributed by atoms with Gasteiger partial charge in [0.25, 0.3) is 0 Å². The maximum absolute atomic E-state index is 5.96. The molecule has 0 fully saturated rings. The van der Waals surface area contributed by atoms with Crippen molar-refractivity contribution in [1.29, 1.82) is 0 Å². The maximum Gasteiger partial charge on any atom is 0.138 e. The summed E-state index contributed by atoms with van der Waals surface area (Å²) in [6, 6.07) is 7.45. The smallest absolute Gasteiger partial charge is 0.138 e. The van der Waals surface area contributed by atoms with Gasteiger partial charge in [0, 0.05) is 5.56 Å². The molecule has 1 aromatic carbocycles. The number of hydrogen-bond acceptors (Lipinski definition) is 3. The summed E-state index contributed by atoms with van der Waals surface area (Å²) in [5, 5.41) is 0.587.